The summed E-state index contributed by atoms with van der Waals surface area (Å²) in [5.41, 5.74) is 9.93. The molecule has 0 saturated heterocycles. The average molecular weight is 604 g/mol. The van der Waals surface area contributed by atoms with Crippen LogP contribution >= 0.6 is 11.3 Å². The molecule has 214 valence electrons. The summed E-state index contributed by atoms with van der Waals surface area (Å²) in [6.45, 7) is 0. The first kappa shape index (κ1) is 25.5. The summed E-state index contributed by atoms with van der Waals surface area (Å²) in [6, 6.07) is 50.2. The van der Waals surface area contributed by atoms with E-state index in [0.29, 0.717) is 0 Å². The summed E-state index contributed by atoms with van der Waals surface area (Å²) in [5.74, 6) is 0. The van der Waals surface area contributed by atoms with E-state index in [0.717, 1.165) is 38.9 Å². The van der Waals surface area contributed by atoms with Crippen molar-refractivity contribution in [1.29, 1.82) is 0 Å². The van der Waals surface area contributed by atoms with Gasteiger partial charge in [-0.1, -0.05) is 91.0 Å². The van der Waals surface area contributed by atoms with Gasteiger partial charge in [0.2, 0.25) is 0 Å². The quantitative estimate of drug-likeness (QED) is 0.188. The number of thiophene rings is 1. The molecule has 0 aliphatic carbocycles. The normalized spacial score (nSPS) is 11.9. The largest absolute Gasteiger partial charge is 0.299 e. The van der Waals surface area contributed by atoms with Gasteiger partial charge in [-0.3, -0.25) is 9.38 Å². The molecule has 4 aromatic heterocycles. The van der Waals surface area contributed by atoms with E-state index in [-0.39, 0.29) is 0 Å². The molecule has 0 amide bonds. The molecule has 10 rings (SSSR count). The van der Waals surface area contributed by atoms with E-state index in [1.807, 2.05) is 23.6 Å². The van der Waals surface area contributed by atoms with Gasteiger partial charge < -0.3 is 0 Å². The van der Waals surface area contributed by atoms with Crippen molar-refractivity contribution in [3.63, 3.8) is 0 Å². The Morgan fingerprint density at radius 3 is 2.09 bits per heavy atom. The predicted octanol–water partition coefficient (Wildman–Crippen LogP) is 11.6. The number of fused-ring (bicyclic) bond motifs is 11. The average Bonchev–Trinajstić information content (AvgIpc) is 3.70. The lowest BCUT2D eigenvalue weighted by atomic mass is 9.94. The van der Waals surface area contributed by atoms with Crippen LogP contribution in [-0.2, 0) is 0 Å². The fourth-order valence-corrected chi connectivity index (χ4v) is 8.18. The number of rotatable bonds is 3. The summed E-state index contributed by atoms with van der Waals surface area (Å²) in [5, 5.41) is 7.36. The highest BCUT2D eigenvalue weighted by atomic mass is 32.1. The second kappa shape index (κ2) is 9.83. The van der Waals surface area contributed by atoms with Crippen LogP contribution in [0.1, 0.15) is 0 Å². The Kier molecular flexibility index (Phi) is 5.45. The lowest BCUT2D eigenvalue weighted by molar-refractivity contribution is 1.23. The van der Waals surface area contributed by atoms with Crippen LogP contribution in [0.15, 0.2) is 152 Å². The predicted molar refractivity (Wildman–Crippen MR) is 195 cm³/mol. The van der Waals surface area contributed by atoms with Gasteiger partial charge in [-0.15, -0.1) is 11.3 Å². The Labute approximate surface area is 268 Å². The fraction of sp³-hybridized carbons (Fsp3) is 0. The molecule has 0 bridgehead atoms. The van der Waals surface area contributed by atoms with Crippen LogP contribution in [0.4, 0.5) is 0 Å². The van der Waals surface area contributed by atoms with Crippen molar-refractivity contribution in [2.45, 2.75) is 0 Å². The van der Waals surface area contributed by atoms with E-state index in [2.05, 4.69) is 144 Å². The molecule has 10 aromatic rings. The number of imidazole rings is 1. The van der Waals surface area contributed by atoms with Crippen LogP contribution in [0.3, 0.4) is 0 Å². The highest BCUT2D eigenvalue weighted by molar-refractivity contribution is 7.25. The van der Waals surface area contributed by atoms with E-state index < -0.39 is 0 Å². The summed E-state index contributed by atoms with van der Waals surface area (Å²) >= 11 is 1.85. The zero-order valence-electron chi connectivity index (χ0n) is 24.7. The number of benzene rings is 6. The Morgan fingerprint density at radius 2 is 1.15 bits per heavy atom. The third-order valence-electron chi connectivity index (χ3n) is 9.24. The van der Waals surface area contributed by atoms with Crippen LogP contribution < -0.4 is 0 Å². The molecule has 0 N–H and O–H groups in total. The van der Waals surface area contributed by atoms with Gasteiger partial charge in [-0.05, 0) is 81.6 Å². The van der Waals surface area contributed by atoms with Crippen molar-refractivity contribution in [3.8, 4) is 33.5 Å². The summed E-state index contributed by atoms with van der Waals surface area (Å²) < 4.78 is 4.84. The third kappa shape index (κ3) is 3.84. The molecule has 0 aliphatic rings. The molecule has 46 heavy (non-hydrogen) atoms. The van der Waals surface area contributed by atoms with E-state index in [1.54, 1.807) is 0 Å². The fourth-order valence-electron chi connectivity index (χ4n) is 7.03. The Bertz CT molecular complexity index is 2810. The van der Waals surface area contributed by atoms with Crippen molar-refractivity contribution < 1.29 is 0 Å². The first-order chi connectivity index (χ1) is 22.8. The van der Waals surface area contributed by atoms with Crippen LogP contribution in [0.2, 0.25) is 0 Å². The summed E-state index contributed by atoms with van der Waals surface area (Å²) in [6.07, 6.45) is 4.05. The number of aromatic nitrogens is 3. The van der Waals surface area contributed by atoms with Crippen molar-refractivity contribution >= 4 is 69.7 Å². The minimum atomic E-state index is 0.951. The molecule has 0 atom stereocenters. The maximum absolute atomic E-state index is 5.11. The maximum Gasteiger partial charge on any atom is 0.137 e. The zero-order chi connectivity index (χ0) is 30.2. The molecule has 0 aliphatic heterocycles. The molecular formula is C42H25N3S. The summed E-state index contributed by atoms with van der Waals surface area (Å²) in [4.78, 5) is 9.98. The Hall–Kier alpha value is -5.84. The van der Waals surface area contributed by atoms with Gasteiger partial charge in [0.1, 0.15) is 5.65 Å². The van der Waals surface area contributed by atoms with Crippen LogP contribution in [0, 0.1) is 0 Å². The molecular weight excluding hydrogens is 579 g/mol. The number of hydrogen-bond donors (Lipinski definition) is 0. The third-order valence-corrected chi connectivity index (χ3v) is 10.4. The maximum atomic E-state index is 5.11. The molecule has 4 heterocycles. The second-order valence-electron chi connectivity index (χ2n) is 11.9. The Balaban J connectivity index is 1.18. The minimum Gasteiger partial charge on any atom is -0.299 e. The van der Waals surface area contributed by atoms with Crippen molar-refractivity contribution in [1.82, 2.24) is 14.4 Å². The van der Waals surface area contributed by atoms with Gasteiger partial charge in [-0.25, -0.2) is 4.98 Å². The summed E-state index contributed by atoms with van der Waals surface area (Å²) in [7, 11) is 0. The molecule has 0 saturated carbocycles. The van der Waals surface area contributed by atoms with Gasteiger partial charge in [0.15, 0.2) is 0 Å². The lowest BCUT2D eigenvalue weighted by Gasteiger charge is -2.12. The van der Waals surface area contributed by atoms with Gasteiger partial charge in [0.25, 0.3) is 0 Å². The molecule has 6 aromatic carbocycles. The van der Waals surface area contributed by atoms with Crippen LogP contribution in [-0.4, -0.2) is 14.4 Å². The minimum absolute atomic E-state index is 0.951. The number of hydrogen-bond acceptors (Lipinski definition) is 3. The molecule has 4 heteroatoms. The van der Waals surface area contributed by atoms with E-state index in [1.165, 1.54) is 53.0 Å². The van der Waals surface area contributed by atoms with Crippen molar-refractivity contribution in [3.05, 3.63) is 152 Å². The van der Waals surface area contributed by atoms with E-state index >= 15 is 0 Å². The van der Waals surface area contributed by atoms with Crippen molar-refractivity contribution in [2.75, 3.05) is 0 Å². The molecule has 0 fully saturated rings. The number of nitrogens with zero attached hydrogens (tertiary/aromatic N) is 3. The smallest absolute Gasteiger partial charge is 0.137 e. The van der Waals surface area contributed by atoms with Crippen LogP contribution in [0.5, 0.6) is 0 Å². The lowest BCUT2D eigenvalue weighted by Crippen LogP contribution is -1.90. The molecule has 0 unspecified atom stereocenters. The monoisotopic (exact) mass is 603 g/mol. The standard InChI is InChI=1S/C42H25N3S/c1-2-8-26(9-3-1)27-14-17-33-35(22-27)36-23-30(15-18-34(36)42-41(33)44-40-12-6-7-21-45(40)42)37-24-29(19-20-43-37)28-13-16-32-31-10-4-5-11-38(31)46-39(32)25-28/h1-25H. The topological polar surface area (TPSA) is 30.2 Å². The molecule has 3 nitrogen and oxygen atoms in total. The van der Waals surface area contributed by atoms with E-state index in [9.17, 15) is 0 Å². The molecule has 0 spiro atoms. The highest BCUT2D eigenvalue weighted by Gasteiger charge is 2.16. The highest BCUT2D eigenvalue weighted by Crippen LogP contribution is 2.40. The van der Waals surface area contributed by atoms with Gasteiger partial charge >= 0.3 is 0 Å². The molecule has 0 radical (unpaired) electrons. The second-order valence-corrected chi connectivity index (χ2v) is 12.9. The Morgan fingerprint density at radius 1 is 0.457 bits per heavy atom. The number of pyridine rings is 2. The first-order valence-corrected chi connectivity index (χ1v) is 16.3. The van der Waals surface area contributed by atoms with Gasteiger partial charge in [0.05, 0.1) is 16.7 Å². The zero-order valence-corrected chi connectivity index (χ0v) is 25.5. The van der Waals surface area contributed by atoms with Gasteiger partial charge in [0, 0.05) is 48.9 Å². The van der Waals surface area contributed by atoms with Crippen LogP contribution in [0.25, 0.3) is 91.9 Å². The first-order valence-electron chi connectivity index (χ1n) is 15.5. The van der Waals surface area contributed by atoms with Gasteiger partial charge in [-0.2, -0.15) is 0 Å². The van der Waals surface area contributed by atoms with E-state index in [4.69, 9.17) is 9.97 Å². The van der Waals surface area contributed by atoms with Crippen molar-refractivity contribution in [2.24, 2.45) is 0 Å². The SMILES string of the molecule is c1ccc(-c2ccc3c(c2)c2cc(-c4cc(-c5ccc6c(c5)sc5ccccc56)ccn4)ccc2c2c3nc3ccccn32)cc1.